The van der Waals surface area contributed by atoms with Gasteiger partial charge in [0.15, 0.2) is 0 Å². The molecule has 3 rings (SSSR count). The van der Waals surface area contributed by atoms with E-state index in [-0.39, 0.29) is 27.7 Å². The number of ether oxygens (including phenoxy) is 2. The highest BCUT2D eigenvalue weighted by Gasteiger charge is 2.43. The van der Waals surface area contributed by atoms with Crippen molar-refractivity contribution in [3.05, 3.63) is 85.8 Å². The van der Waals surface area contributed by atoms with E-state index in [9.17, 15) is 14.9 Å². The maximum Gasteiger partial charge on any atom is 0.355 e. The van der Waals surface area contributed by atoms with Crippen molar-refractivity contribution >= 4 is 45.2 Å². The molecule has 0 spiro atoms. The summed E-state index contributed by atoms with van der Waals surface area (Å²) < 4.78 is 10.7. The van der Waals surface area contributed by atoms with Crippen molar-refractivity contribution in [1.82, 2.24) is 0 Å². The average molecular weight is 517 g/mol. The second kappa shape index (κ2) is 9.47. The second-order valence-electron chi connectivity index (χ2n) is 6.89. The Bertz CT molecular complexity index is 1180. The number of halogens is 2. The van der Waals surface area contributed by atoms with E-state index in [2.05, 4.69) is 22.0 Å². The van der Waals surface area contributed by atoms with Gasteiger partial charge in [0.05, 0.1) is 48.1 Å². The van der Waals surface area contributed by atoms with Gasteiger partial charge < -0.3 is 15.2 Å². The number of methoxy groups -OCH3 is 2. The molecule has 1 unspecified atom stereocenters. The maximum absolute atomic E-state index is 13.0. The zero-order valence-corrected chi connectivity index (χ0v) is 19.8. The zero-order chi connectivity index (χ0) is 23.6. The Morgan fingerprint density at radius 2 is 1.78 bits per heavy atom. The lowest BCUT2D eigenvalue weighted by molar-refractivity contribution is -0.139. The predicted molar refractivity (Wildman–Crippen MR) is 123 cm³/mol. The van der Waals surface area contributed by atoms with Crippen LogP contribution in [0.4, 0.5) is 5.69 Å². The van der Waals surface area contributed by atoms with Crippen molar-refractivity contribution in [2.75, 3.05) is 19.1 Å². The Kier molecular flexibility index (Phi) is 6.92. The number of benzene rings is 2. The first-order chi connectivity index (χ1) is 15.3. The quantitative estimate of drug-likeness (QED) is 0.604. The first-order valence-corrected chi connectivity index (χ1v) is 10.5. The SMILES string of the molecule is COC(=O)C1=C(C(=O)OC)N(c2c(C)cc(Br)cc2Cl)C(N)=C(C#N)C1c1ccccc1. The number of nitrogens with zero attached hydrogens (tertiary/aromatic N) is 2. The molecule has 2 aromatic rings. The van der Waals surface area contributed by atoms with Crippen molar-refractivity contribution in [2.45, 2.75) is 12.8 Å². The normalized spacial score (nSPS) is 16.0. The summed E-state index contributed by atoms with van der Waals surface area (Å²) in [7, 11) is 2.39. The monoisotopic (exact) mass is 515 g/mol. The molecule has 0 radical (unpaired) electrons. The Labute approximate surface area is 198 Å². The molecule has 7 nitrogen and oxygen atoms in total. The number of carbonyl (C=O) groups excluding carboxylic acids is 2. The van der Waals surface area contributed by atoms with Crippen LogP contribution in [0, 0.1) is 18.3 Å². The van der Waals surface area contributed by atoms with Gasteiger partial charge in [-0.15, -0.1) is 0 Å². The number of carbonyl (C=O) groups is 2. The molecule has 0 bridgehead atoms. The van der Waals surface area contributed by atoms with Gasteiger partial charge in [-0.1, -0.05) is 57.9 Å². The predicted octanol–water partition coefficient (Wildman–Crippen LogP) is 4.31. The minimum atomic E-state index is -0.937. The highest BCUT2D eigenvalue weighted by atomic mass is 79.9. The largest absolute Gasteiger partial charge is 0.466 e. The second-order valence-corrected chi connectivity index (χ2v) is 8.21. The number of anilines is 1. The first kappa shape index (κ1) is 23.4. The third-order valence-corrected chi connectivity index (χ3v) is 5.80. The molecule has 0 saturated heterocycles. The number of hydrogen-bond donors (Lipinski definition) is 1. The molecule has 0 aromatic heterocycles. The van der Waals surface area contributed by atoms with Crippen molar-refractivity contribution in [1.29, 1.82) is 5.26 Å². The fourth-order valence-corrected chi connectivity index (χ4v) is 4.78. The number of hydrogen-bond acceptors (Lipinski definition) is 7. The summed E-state index contributed by atoms with van der Waals surface area (Å²) in [6.45, 7) is 1.77. The van der Waals surface area contributed by atoms with Gasteiger partial charge in [0.25, 0.3) is 0 Å². The highest BCUT2D eigenvalue weighted by Crippen LogP contribution is 2.46. The maximum atomic E-state index is 13.0. The van der Waals surface area contributed by atoms with Crippen LogP contribution < -0.4 is 10.6 Å². The van der Waals surface area contributed by atoms with E-state index in [1.807, 2.05) is 0 Å². The van der Waals surface area contributed by atoms with Gasteiger partial charge in [0, 0.05) is 4.47 Å². The van der Waals surface area contributed by atoms with Crippen LogP contribution in [-0.4, -0.2) is 26.2 Å². The van der Waals surface area contributed by atoms with Crippen LogP contribution in [0.1, 0.15) is 17.0 Å². The third-order valence-electron chi connectivity index (χ3n) is 5.05. The minimum absolute atomic E-state index is 0.0401. The molecule has 1 heterocycles. The molecule has 1 aliphatic heterocycles. The molecule has 164 valence electrons. The lowest BCUT2D eigenvalue weighted by Crippen LogP contribution is -2.41. The summed E-state index contributed by atoms with van der Waals surface area (Å²) in [5, 5.41) is 10.3. The topological polar surface area (TPSA) is 106 Å². The lowest BCUT2D eigenvalue weighted by atomic mass is 9.80. The van der Waals surface area contributed by atoms with Gasteiger partial charge in [-0.25, -0.2) is 9.59 Å². The molecule has 0 saturated carbocycles. The van der Waals surface area contributed by atoms with E-state index in [1.165, 1.54) is 19.1 Å². The molecule has 2 N–H and O–H groups in total. The van der Waals surface area contributed by atoms with E-state index in [0.29, 0.717) is 21.3 Å². The fraction of sp³-hybridized carbons (Fsp3) is 0.174. The lowest BCUT2D eigenvalue weighted by Gasteiger charge is -2.37. The molecular weight excluding hydrogens is 498 g/mol. The van der Waals surface area contributed by atoms with E-state index in [0.717, 1.165) is 0 Å². The first-order valence-electron chi connectivity index (χ1n) is 9.38. The number of rotatable bonds is 4. The van der Waals surface area contributed by atoms with Gasteiger partial charge >= 0.3 is 11.9 Å². The van der Waals surface area contributed by atoms with Crippen LogP contribution in [0.15, 0.2) is 69.6 Å². The molecule has 0 amide bonds. The molecule has 0 aliphatic carbocycles. The Balaban J connectivity index is 2.48. The summed E-state index contributed by atoms with van der Waals surface area (Å²) in [5.74, 6) is -2.60. The van der Waals surface area contributed by atoms with Crippen LogP contribution in [0.25, 0.3) is 0 Å². The van der Waals surface area contributed by atoms with E-state index in [4.69, 9.17) is 26.8 Å². The minimum Gasteiger partial charge on any atom is -0.466 e. The van der Waals surface area contributed by atoms with Crippen LogP contribution in [0.3, 0.4) is 0 Å². The number of nitriles is 1. The summed E-state index contributed by atoms with van der Waals surface area (Å²) in [6.07, 6.45) is 0. The molecule has 1 atom stereocenters. The van der Waals surface area contributed by atoms with Crippen LogP contribution in [-0.2, 0) is 19.1 Å². The average Bonchev–Trinajstić information content (AvgIpc) is 2.78. The zero-order valence-electron chi connectivity index (χ0n) is 17.5. The molecule has 1 aliphatic rings. The molecular formula is C23H19BrClN3O4. The van der Waals surface area contributed by atoms with Gasteiger partial charge in [0.2, 0.25) is 0 Å². The smallest absolute Gasteiger partial charge is 0.355 e. The molecule has 9 heteroatoms. The van der Waals surface area contributed by atoms with E-state index >= 15 is 0 Å². The Morgan fingerprint density at radius 3 is 2.31 bits per heavy atom. The third kappa shape index (κ3) is 3.97. The van der Waals surface area contributed by atoms with Gasteiger partial charge in [-0.2, -0.15) is 5.26 Å². The van der Waals surface area contributed by atoms with Crippen molar-refractivity contribution in [3.8, 4) is 6.07 Å². The highest BCUT2D eigenvalue weighted by molar-refractivity contribution is 9.10. The molecule has 0 fully saturated rings. The van der Waals surface area contributed by atoms with Crippen molar-refractivity contribution < 1.29 is 19.1 Å². The van der Waals surface area contributed by atoms with Gasteiger partial charge in [-0.05, 0) is 30.2 Å². The Morgan fingerprint density at radius 1 is 1.16 bits per heavy atom. The summed E-state index contributed by atoms with van der Waals surface area (Å²) >= 11 is 9.91. The number of esters is 2. The van der Waals surface area contributed by atoms with Crippen molar-refractivity contribution in [3.63, 3.8) is 0 Å². The molecule has 2 aromatic carbocycles. The van der Waals surface area contributed by atoms with Gasteiger partial charge in [0.1, 0.15) is 11.5 Å². The standard InChI is InChI=1S/C23H19BrClN3O4/c1-12-9-14(24)10-16(25)19(12)28-20(23(30)32-3)18(22(29)31-2)17(15(11-26)21(28)27)13-7-5-4-6-8-13/h4-10,17H,27H2,1-3H3. The van der Waals surface area contributed by atoms with Crippen LogP contribution >= 0.6 is 27.5 Å². The number of nitrogens with two attached hydrogens (primary N) is 1. The van der Waals surface area contributed by atoms with E-state index in [1.54, 1.807) is 49.4 Å². The van der Waals surface area contributed by atoms with E-state index < -0.39 is 17.9 Å². The molecule has 32 heavy (non-hydrogen) atoms. The van der Waals surface area contributed by atoms with Crippen LogP contribution in [0.2, 0.25) is 5.02 Å². The summed E-state index contributed by atoms with van der Waals surface area (Å²) in [6, 6.07) is 14.3. The Hall–Kier alpha value is -3.28. The van der Waals surface area contributed by atoms with Gasteiger partial charge in [-0.3, -0.25) is 4.90 Å². The van der Waals surface area contributed by atoms with Crippen molar-refractivity contribution in [2.24, 2.45) is 5.73 Å². The summed E-state index contributed by atoms with van der Waals surface area (Å²) in [5.41, 5.74) is 7.88. The fourth-order valence-electron chi connectivity index (χ4n) is 3.72. The summed E-state index contributed by atoms with van der Waals surface area (Å²) in [4.78, 5) is 27.4. The number of aryl methyl sites for hydroxylation is 1. The van der Waals surface area contributed by atoms with Crippen LogP contribution in [0.5, 0.6) is 0 Å². The number of allylic oxidation sites excluding steroid dienone is 1.